The van der Waals surface area contributed by atoms with Gasteiger partial charge in [0.2, 0.25) is 6.33 Å². The molecule has 1 aromatic heterocycles. The van der Waals surface area contributed by atoms with Crippen LogP contribution in [0.3, 0.4) is 0 Å². The first-order valence-electron chi connectivity index (χ1n) is 19.4. The molecular formula is C39H77BrN2. The maximum Gasteiger partial charge on any atom is 0.243 e. The number of hydrogen-bond acceptors (Lipinski definition) is 0. The van der Waals surface area contributed by atoms with Gasteiger partial charge in [-0.15, -0.1) is 0 Å². The Morgan fingerprint density at radius 3 is 1.00 bits per heavy atom. The lowest BCUT2D eigenvalue weighted by Gasteiger charge is -2.03. The number of aromatic nitrogens is 2. The molecule has 0 saturated heterocycles. The van der Waals surface area contributed by atoms with Crippen LogP contribution >= 0.6 is 0 Å². The van der Waals surface area contributed by atoms with Crippen molar-refractivity contribution in [3.63, 3.8) is 0 Å². The third-order valence-corrected chi connectivity index (χ3v) is 9.29. The van der Waals surface area contributed by atoms with Gasteiger partial charge in [0.05, 0.1) is 13.1 Å². The van der Waals surface area contributed by atoms with E-state index in [1.165, 1.54) is 219 Å². The summed E-state index contributed by atoms with van der Waals surface area (Å²) in [6.45, 7) is 7.01. The smallest absolute Gasteiger partial charge is 0.243 e. The van der Waals surface area contributed by atoms with E-state index in [1.807, 2.05) is 0 Å². The van der Waals surface area contributed by atoms with Gasteiger partial charge in [0.25, 0.3) is 0 Å². The lowest BCUT2D eigenvalue weighted by molar-refractivity contribution is -0.696. The molecule has 0 atom stereocenters. The van der Waals surface area contributed by atoms with E-state index in [1.54, 1.807) is 0 Å². The van der Waals surface area contributed by atoms with Crippen molar-refractivity contribution in [3.8, 4) is 0 Å². The average Bonchev–Trinajstić information content (AvgIpc) is 3.44. The van der Waals surface area contributed by atoms with Gasteiger partial charge in [-0.2, -0.15) is 0 Å². The first kappa shape index (κ1) is 41.7. The van der Waals surface area contributed by atoms with Crippen molar-refractivity contribution in [1.29, 1.82) is 0 Å². The molecular weight excluding hydrogens is 576 g/mol. The van der Waals surface area contributed by atoms with Gasteiger partial charge in [-0.3, -0.25) is 0 Å². The van der Waals surface area contributed by atoms with Crippen molar-refractivity contribution in [1.82, 2.24) is 4.57 Å². The van der Waals surface area contributed by atoms with Crippen LogP contribution in [0.1, 0.15) is 219 Å². The number of aryl methyl sites for hydroxylation is 2. The van der Waals surface area contributed by atoms with Crippen LogP contribution < -0.4 is 21.5 Å². The highest BCUT2D eigenvalue weighted by atomic mass is 79.9. The summed E-state index contributed by atoms with van der Waals surface area (Å²) in [5, 5.41) is 0. The lowest BCUT2D eigenvalue weighted by Crippen LogP contribution is -3.00. The number of hydrogen-bond donors (Lipinski definition) is 0. The second kappa shape index (κ2) is 35.2. The van der Waals surface area contributed by atoms with E-state index in [9.17, 15) is 0 Å². The van der Waals surface area contributed by atoms with Gasteiger partial charge in [0.1, 0.15) is 12.4 Å². The van der Waals surface area contributed by atoms with Gasteiger partial charge in [-0.05, 0) is 25.7 Å². The fourth-order valence-corrected chi connectivity index (χ4v) is 6.39. The van der Waals surface area contributed by atoms with Crippen molar-refractivity contribution in [2.45, 2.75) is 232 Å². The highest BCUT2D eigenvalue weighted by Gasteiger charge is 2.04. The largest absolute Gasteiger partial charge is 1.00 e. The Hall–Kier alpha value is -0.310. The maximum atomic E-state index is 2.41. The molecule has 0 radical (unpaired) electrons. The number of rotatable bonds is 34. The van der Waals surface area contributed by atoms with Crippen LogP contribution in [0.2, 0.25) is 0 Å². The fourth-order valence-electron chi connectivity index (χ4n) is 6.39. The van der Waals surface area contributed by atoms with Gasteiger partial charge < -0.3 is 17.0 Å². The predicted molar refractivity (Wildman–Crippen MR) is 184 cm³/mol. The molecule has 1 heterocycles. The second-order valence-corrected chi connectivity index (χ2v) is 13.5. The number of unbranched alkanes of at least 4 members (excludes halogenated alkanes) is 30. The Kier molecular flexibility index (Phi) is 34.9. The summed E-state index contributed by atoms with van der Waals surface area (Å²) in [6, 6.07) is 0. The predicted octanol–water partition coefficient (Wildman–Crippen LogP) is 10.3. The van der Waals surface area contributed by atoms with Gasteiger partial charge in [0.15, 0.2) is 0 Å². The minimum Gasteiger partial charge on any atom is -1.00 e. The molecule has 0 aliphatic rings. The highest BCUT2D eigenvalue weighted by molar-refractivity contribution is 4.66. The summed E-state index contributed by atoms with van der Waals surface area (Å²) in [5.41, 5.74) is 0. The summed E-state index contributed by atoms with van der Waals surface area (Å²) in [4.78, 5) is 0. The van der Waals surface area contributed by atoms with E-state index in [4.69, 9.17) is 0 Å². The van der Waals surface area contributed by atoms with Crippen LogP contribution in [0.4, 0.5) is 0 Å². The molecule has 0 N–H and O–H groups in total. The van der Waals surface area contributed by atoms with E-state index < -0.39 is 0 Å². The molecule has 1 aromatic rings. The first-order chi connectivity index (χ1) is 20.4. The SMILES string of the molecule is CCCCCCCCCCCCCCCCCCn1cc[n+](CCCCCCCCCCCCCCCCCC)c1.[Br-]. The van der Waals surface area contributed by atoms with Crippen molar-refractivity contribution in [3.05, 3.63) is 18.7 Å². The number of nitrogens with zero attached hydrogens (tertiary/aromatic N) is 2. The Bertz CT molecular complexity index is 563. The average molecular weight is 654 g/mol. The van der Waals surface area contributed by atoms with Crippen molar-refractivity contribution in [2.75, 3.05) is 0 Å². The molecule has 42 heavy (non-hydrogen) atoms. The van der Waals surface area contributed by atoms with Crippen LogP contribution in [0.5, 0.6) is 0 Å². The minimum absolute atomic E-state index is 0. The molecule has 0 aromatic carbocycles. The molecule has 0 aliphatic heterocycles. The third-order valence-electron chi connectivity index (χ3n) is 9.29. The van der Waals surface area contributed by atoms with Crippen LogP contribution in [-0.2, 0) is 13.1 Å². The Balaban J connectivity index is 0.0000168. The topological polar surface area (TPSA) is 8.81 Å². The molecule has 0 unspecified atom stereocenters. The van der Waals surface area contributed by atoms with E-state index >= 15 is 0 Å². The summed E-state index contributed by atoms with van der Waals surface area (Å²) < 4.78 is 4.83. The Morgan fingerprint density at radius 1 is 0.381 bits per heavy atom. The van der Waals surface area contributed by atoms with E-state index in [0.29, 0.717) is 0 Å². The Morgan fingerprint density at radius 2 is 0.667 bits per heavy atom. The fraction of sp³-hybridized carbons (Fsp3) is 0.923. The first-order valence-corrected chi connectivity index (χ1v) is 19.4. The number of imidazole rings is 1. The van der Waals surface area contributed by atoms with Crippen molar-refractivity contribution in [2.24, 2.45) is 0 Å². The monoisotopic (exact) mass is 653 g/mol. The normalized spacial score (nSPS) is 11.3. The van der Waals surface area contributed by atoms with Crippen molar-refractivity contribution < 1.29 is 21.5 Å². The van der Waals surface area contributed by atoms with Crippen LogP contribution in [0, 0.1) is 0 Å². The summed E-state index contributed by atoms with van der Waals surface area (Å²) in [6.07, 6.45) is 53.2. The van der Waals surface area contributed by atoms with Gasteiger partial charge in [0, 0.05) is 0 Å². The van der Waals surface area contributed by atoms with Crippen molar-refractivity contribution >= 4 is 0 Å². The standard InChI is InChI=1S/C39H77N2.BrH/c1-3-5-7-9-11-13-15-17-19-21-23-25-27-29-31-33-35-40-37-38-41(39-40)36-34-32-30-28-26-24-22-20-18-16-14-12-10-8-6-4-2;/h37-39H,3-36H2,1-2H3;1H/q+1;/p-1. The lowest BCUT2D eigenvalue weighted by atomic mass is 10.0. The van der Waals surface area contributed by atoms with E-state index in [2.05, 4.69) is 41.7 Å². The quantitative estimate of drug-likeness (QED) is 0.0517. The molecule has 0 bridgehead atoms. The zero-order valence-electron chi connectivity index (χ0n) is 29.0. The maximum absolute atomic E-state index is 2.41. The molecule has 250 valence electrons. The summed E-state index contributed by atoms with van der Waals surface area (Å²) in [7, 11) is 0. The van der Waals surface area contributed by atoms with Crippen LogP contribution in [-0.4, -0.2) is 4.57 Å². The van der Waals surface area contributed by atoms with Gasteiger partial charge in [-0.1, -0.05) is 194 Å². The third kappa shape index (κ3) is 29.7. The summed E-state index contributed by atoms with van der Waals surface area (Å²) in [5.74, 6) is 0. The molecule has 2 nitrogen and oxygen atoms in total. The zero-order valence-corrected chi connectivity index (χ0v) is 30.6. The van der Waals surface area contributed by atoms with Crippen LogP contribution in [0.25, 0.3) is 0 Å². The molecule has 1 rings (SSSR count). The molecule has 3 heteroatoms. The van der Waals surface area contributed by atoms with Crippen LogP contribution in [0.15, 0.2) is 18.7 Å². The molecule has 0 amide bonds. The molecule has 0 saturated carbocycles. The Labute approximate surface area is 276 Å². The van der Waals surface area contributed by atoms with E-state index in [-0.39, 0.29) is 17.0 Å². The summed E-state index contributed by atoms with van der Waals surface area (Å²) >= 11 is 0. The van der Waals surface area contributed by atoms with Gasteiger partial charge >= 0.3 is 0 Å². The minimum atomic E-state index is 0. The highest BCUT2D eigenvalue weighted by Crippen LogP contribution is 2.15. The number of halogens is 1. The molecule has 0 aliphatic carbocycles. The molecule has 0 spiro atoms. The molecule has 0 fully saturated rings. The van der Waals surface area contributed by atoms with Gasteiger partial charge in [-0.25, -0.2) is 9.13 Å². The second-order valence-electron chi connectivity index (χ2n) is 13.5. The van der Waals surface area contributed by atoms with E-state index in [0.717, 1.165) is 0 Å². The zero-order chi connectivity index (χ0) is 29.3.